The minimum Gasteiger partial charge on any atom is -0.494 e. The molecule has 5 atom stereocenters. The van der Waals surface area contributed by atoms with Crippen molar-refractivity contribution in [1.29, 1.82) is 0 Å². The summed E-state index contributed by atoms with van der Waals surface area (Å²) >= 11 is 6.80. The molecule has 4 aromatic carbocycles. The lowest BCUT2D eigenvalue weighted by Gasteiger charge is -2.50. The summed E-state index contributed by atoms with van der Waals surface area (Å²) in [5.41, 5.74) is 4.70. The van der Waals surface area contributed by atoms with Gasteiger partial charge in [0.15, 0.2) is 0 Å². The number of ether oxygens (including phenoxy) is 5. The molecule has 2 aliphatic heterocycles. The SMILES string of the molecule is CCOc1ccc(Cc2cc([C@@]34OC[C@@](CC)(O3)[C@@H](C)[C@H](OCc3ccccc3)[C@H]4OCc3ccccc3)ccc2Cl)cc1. The molecule has 6 heteroatoms. The minimum atomic E-state index is -1.16. The molecule has 4 aromatic rings. The van der Waals surface area contributed by atoms with Crippen LogP contribution >= 0.6 is 11.6 Å². The summed E-state index contributed by atoms with van der Waals surface area (Å²) in [6.45, 7) is 8.32. The van der Waals surface area contributed by atoms with E-state index < -0.39 is 17.5 Å². The van der Waals surface area contributed by atoms with Gasteiger partial charge in [-0.2, -0.15) is 0 Å². The van der Waals surface area contributed by atoms with Crippen molar-refractivity contribution in [2.45, 2.75) is 70.4 Å². The van der Waals surface area contributed by atoms with Crippen molar-refractivity contribution in [3.05, 3.63) is 136 Å². The molecule has 6 rings (SSSR count). The Morgan fingerprint density at radius 1 is 0.795 bits per heavy atom. The van der Waals surface area contributed by atoms with E-state index in [-0.39, 0.29) is 12.0 Å². The van der Waals surface area contributed by atoms with Gasteiger partial charge in [-0.3, -0.25) is 0 Å². The van der Waals surface area contributed by atoms with E-state index >= 15 is 0 Å². The maximum Gasteiger partial charge on any atom is 0.225 e. The highest BCUT2D eigenvalue weighted by molar-refractivity contribution is 6.31. The topological polar surface area (TPSA) is 46.2 Å². The van der Waals surface area contributed by atoms with Gasteiger partial charge in [0, 0.05) is 16.5 Å². The lowest BCUT2D eigenvalue weighted by atomic mass is 9.76. The van der Waals surface area contributed by atoms with Gasteiger partial charge in [-0.1, -0.05) is 104 Å². The zero-order valence-corrected chi connectivity index (χ0v) is 26.5. The maximum absolute atomic E-state index is 7.10. The Labute approximate surface area is 266 Å². The first kappa shape index (κ1) is 30.8. The second-order valence-electron chi connectivity index (χ2n) is 11.8. The fraction of sp³-hybridized carbons (Fsp3) is 0.368. The second kappa shape index (κ2) is 13.4. The van der Waals surface area contributed by atoms with Crippen LogP contribution in [0, 0.1) is 5.92 Å². The van der Waals surface area contributed by atoms with Crippen molar-refractivity contribution >= 4 is 11.6 Å². The van der Waals surface area contributed by atoms with Crippen molar-refractivity contribution in [2.24, 2.45) is 5.92 Å². The summed E-state index contributed by atoms with van der Waals surface area (Å²) in [4.78, 5) is 0. The molecular formula is C38H41ClO5. The van der Waals surface area contributed by atoms with E-state index in [1.807, 2.05) is 67.6 Å². The number of halogens is 1. The van der Waals surface area contributed by atoms with Crippen molar-refractivity contribution in [1.82, 2.24) is 0 Å². The van der Waals surface area contributed by atoms with Crippen LogP contribution in [0.4, 0.5) is 0 Å². The van der Waals surface area contributed by atoms with Crippen LogP contribution in [0.15, 0.2) is 103 Å². The van der Waals surface area contributed by atoms with Gasteiger partial charge < -0.3 is 23.7 Å². The molecule has 2 heterocycles. The van der Waals surface area contributed by atoms with E-state index in [0.29, 0.717) is 37.9 Å². The first-order valence-corrected chi connectivity index (χ1v) is 16.0. The smallest absolute Gasteiger partial charge is 0.225 e. The van der Waals surface area contributed by atoms with Gasteiger partial charge in [0.05, 0.1) is 32.5 Å². The third kappa shape index (κ3) is 6.17. The third-order valence-electron chi connectivity index (χ3n) is 9.11. The molecule has 2 fully saturated rings. The van der Waals surface area contributed by atoms with Gasteiger partial charge in [0.25, 0.3) is 0 Å². The number of rotatable bonds is 12. The summed E-state index contributed by atoms with van der Waals surface area (Å²) in [5.74, 6) is -0.269. The summed E-state index contributed by atoms with van der Waals surface area (Å²) in [7, 11) is 0. The molecule has 0 N–H and O–H groups in total. The Hall–Kier alpha value is -3.19. The summed E-state index contributed by atoms with van der Waals surface area (Å²) in [5, 5.41) is 0.696. The van der Waals surface area contributed by atoms with E-state index in [9.17, 15) is 0 Å². The zero-order valence-electron chi connectivity index (χ0n) is 25.7. The molecule has 5 nitrogen and oxygen atoms in total. The number of benzene rings is 4. The Morgan fingerprint density at radius 3 is 2.09 bits per heavy atom. The van der Waals surface area contributed by atoms with E-state index in [1.165, 1.54) is 0 Å². The highest BCUT2D eigenvalue weighted by atomic mass is 35.5. The standard InChI is InChI=1S/C38H41ClO5/c1-4-37-26-43-38(44-37,32-18-21-34(39)31(23-32)22-28-16-19-33(20-17-28)40-5-2)36(42-25-30-14-10-7-11-15-30)35(27(37)3)41-24-29-12-8-6-9-13-29/h6-21,23,27,35-36H,4-5,22,24-26H2,1-3H3/t27-,35-,36+,37+,38+/m0/s1. The zero-order chi connectivity index (χ0) is 30.6. The van der Waals surface area contributed by atoms with Crippen molar-refractivity contribution in [3.63, 3.8) is 0 Å². The Morgan fingerprint density at radius 2 is 1.45 bits per heavy atom. The van der Waals surface area contributed by atoms with Gasteiger partial charge in [0.1, 0.15) is 17.5 Å². The van der Waals surface area contributed by atoms with Crippen LogP contribution in [0.25, 0.3) is 0 Å². The van der Waals surface area contributed by atoms with E-state index in [4.69, 9.17) is 35.3 Å². The third-order valence-corrected chi connectivity index (χ3v) is 9.48. The molecule has 0 spiro atoms. The first-order chi connectivity index (χ1) is 21.5. The molecule has 0 saturated carbocycles. The van der Waals surface area contributed by atoms with Crippen LogP contribution in [0.1, 0.15) is 55.0 Å². The van der Waals surface area contributed by atoms with Gasteiger partial charge in [-0.15, -0.1) is 0 Å². The van der Waals surface area contributed by atoms with Crippen LogP contribution in [0.3, 0.4) is 0 Å². The molecule has 2 aliphatic rings. The Kier molecular flexibility index (Phi) is 9.41. The van der Waals surface area contributed by atoms with Crippen LogP contribution in [0.5, 0.6) is 5.75 Å². The molecule has 0 aromatic heterocycles. The van der Waals surface area contributed by atoms with Crippen LogP contribution in [0.2, 0.25) is 5.02 Å². The number of hydrogen-bond donors (Lipinski definition) is 0. The van der Waals surface area contributed by atoms with Crippen LogP contribution in [-0.4, -0.2) is 31.0 Å². The second-order valence-corrected chi connectivity index (χ2v) is 12.2. The molecule has 0 amide bonds. The minimum absolute atomic E-state index is 0.0308. The first-order valence-electron chi connectivity index (χ1n) is 15.6. The fourth-order valence-corrected chi connectivity index (χ4v) is 6.70. The van der Waals surface area contributed by atoms with E-state index in [2.05, 4.69) is 56.3 Å². The summed E-state index contributed by atoms with van der Waals surface area (Å²) < 4.78 is 33.2. The van der Waals surface area contributed by atoms with Crippen LogP contribution < -0.4 is 4.74 Å². The monoisotopic (exact) mass is 612 g/mol. The average molecular weight is 613 g/mol. The summed E-state index contributed by atoms with van der Waals surface area (Å²) in [6, 6.07) is 34.7. The summed E-state index contributed by atoms with van der Waals surface area (Å²) in [6.07, 6.45) is 0.649. The van der Waals surface area contributed by atoms with E-state index in [0.717, 1.165) is 40.0 Å². The lowest BCUT2D eigenvalue weighted by molar-refractivity contribution is -0.333. The lowest BCUT2D eigenvalue weighted by Crippen LogP contribution is -2.62. The molecule has 2 saturated heterocycles. The van der Waals surface area contributed by atoms with Gasteiger partial charge in [-0.05, 0) is 66.3 Å². The normalized spacial score (nSPS) is 26.0. The van der Waals surface area contributed by atoms with Gasteiger partial charge >= 0.3 is 0 Å². The van der Waals surface area contributed by atoms with Crippen molar-refractivity contribution in [3.8, 4) is 5.75 Å². The maximum atomic E-state index is 7.10. The molecule has 44 heavy (non-hydrogen) atoms. The Balaban J connectivity index is 1.37. The highest BCUT2D eigenvalue weighted by Gasteiger charge is 2.66. The fourth-order valence-electron chi connectivity index (χ4n) is 6.52. The number of fused-ring (bicyclic) bond motifs is 2. The van der Waals surface area contributed by atoms with Crippen molar-refractivity contribution in [2.75, 3.05) is 13.2 Å². The quantitative estimate of drug-likeness (QED) is 0.160. The molecule has 0 radical (unpaired) electrons. The molecule has 2 bridgehead atoms. The van der Waals surface area contributed by atoms with Gasteiger partial charge in [-0.25, -0.2) is 0 Å². The number of hydrogen-bond acceptors (Lipinski definition) is 5. The molecule has 0 unspecified atom stereocenters. The Bertz CT molecular complexity index is 1510. The highest BCUT2D eigenvalue weighted by Crippen LogP contribution is 2.55. The molecular weight excluding hydrogens is 572 g/mol. The average Bonchev–Trinajstić information content (AvgIpc) is 3.43. The largest absolute Gasteiger partial charge is 0.494 e. The molecule has 0 aliphatic carbocycles. The van der Waals surface area contributed by atoms with Crippen LogP contribution in [-0.2, 0) is 44.4 Å². The predicted octanol–water partition coefficient (Wildman–Crippen LogP) is 8.50. The predicted molar refractivity (Wildman–Crippen MR) is 173 cm³/mol. The molecule has 230 valence electrons. The van der Waals surface area contributed by atoms with Crippen molar-refractivity contribution < 1.29 is 23.7 Å². The van der Waals surface area contributed by atoms with Gasteiger partial charge in [0.2, 0.25) is 5.79 Å². The van der Waals surface area contributed by atoms with E-state index in [1.54, 1.807) is 0 Å².